The number of nitrogens with one attached hydrogen (secondary N) is 1. The highest BCUT2D eigenvalue weighted by molar-refractivity contribution is 7.92. The minimum absolute atomic E-state index is 0.166. The van der Waals surface area contributed by atoms with Gasteiger partial charge >= 0.3 is 0 Å². The molecular formula is C15H18N6O5S. The molecule has 144 valence electrons. The maximum absolute atomic E-state index is 12.1. The van der Waals surface area contributed by atoms with Gasteiger partial charge in [0.15, 0.2) is 14.6 Å². The molecule has 0 bridgehead atoms. The molecule has 2 N–H and O–H groups in total. The molecule has 0 saturated carbocycles. The van der Waals surface area contributed by atoms with Crippen LogP contribution in [0.5, 0.6) is 0 Å². The Balaban J connectivity index is 1.72. The number of carbonyl (C=O) groups is 1. The van der Waals surface area contributed by atoms with E-state index in [9.17, 15) is 13.2 Å². The molecule has 0 unspecified atom stereocenters. The number of hydrogen-bond donors (Lipinski definition) is 2. The third kappa shape index (κ3) is 3.66. The smallest absolute Gasteiger partial charge is 0.264 e. The summed E-state index contributed by atoms with van der Waals surface area (Å²) in [6.45, 7) is 1.24. The molecule has 3 rings (SSSR count). The van der Waals surface area contributed by atoms with Gasteiger partial charge in [0.05, 0.1) is 24.3 Å². The Morgan fingerprint density at radius 2 is 2.11 bits per heavy atom. The van der Waals surface area contributed by atoms with E-state index in [1.165, 1.54) is 17.2 Å². The van der Waals surface area contributed by atoms with Crippen molar-refractivity contribution in [3.8, 4) is 5.69 Å². The number of aromatic nitrogens is 4. The number of hydroxylamine groups is 1. The number of pyridine rings is 1. The van der Waals surface area contributed by atoms with Gasteiger partial charge in [0.25, 0.3) is 5.91 Å². The summed E-state index contributed by atoms with van der Waals surface area (Å²) in [4.78, 5) is 22.9. The first-order chi connectivity index (χ1) is 12.7. The third-order valence-corrected chi connectivity index (χ3v) is 6.43. The van der Waals surface area contributed by atoms with E-state index in [2.05, 4.69) is 20.3 Å². The van der Waals surface area contributed by atoms with E-state index < -0.39 is 26.6 Å². The molecular weight excluding hydrogens is 376 g/mol. The molecule has 0 radical (unpaired) electrons. The Bertz CT molecular complexity index is 957. The summed E-state index contributed by atoms with van der Waals surface area (Å²) in [6.07, 6.45) is 5.07. The molecule has 1 amide bonds. The van der Waals surface area contributed by atoms with E-state index in [0.717, 1.165) is 6.26 Å². The minimum Gasteiger partial charge on any atom is -0.392 e. The molecule has 0 aliphatic carbocycles. The molecule has 0 saturated heterocycles. The molecule has 12 heteroatoms. The van der Waals surface area contributed by atoms with E-state index in [1.807, 2.05) is 0 Å². The van der Waals surface area contributed by atoms with Gasteiger partial charge in [-0.3, -0.25) is 15.0 Å². The van der Waals surface area contributed by atoms with Crippen LogP contribution in [0.1, 0.15) is 25.5 Å². The van der Waals surface area contributed by atoms with Crippen molar-refractivity contribution < 1.29 is 23.3 Å². The van der Waals surface area contributed by atoms with Crippen LogP contribution in [0.25, 0.3) is 5.69 Å². The predicted molar refractivity (Wildman–Crippen MR) is 93.0 cm³/mol. The average molecular weight is 394 g/mol. The van der Waals surface area contributed by atoms with Crippen molar-refractivity contribution in [3.05, 3.63) is 36.4 Å². The lowest BCUT2D eigenvalue weighted by atomic mass is 9.98. The first-order valence-electron chi connectivity index (χ1n) is 7.94. The molecule has 2 atom stereocenters. The van der Waals surface area contributed by atoms with Gasteiger partial charge in [0.1, 0.15) is 17.5 Å². The van der Waals surface area contributed by atoms with Crippen LogP contribution in [0.2, 0.25) is 0 Å². The Morgan fingerprint density at radius 3 is 2.67 bits per heavy atom. The van der Waals surface area contributed by atoms with Gasteiger partial charge in [-0.2, -0.15) is 15.0 Å². The number of carbonyl (C=O) groups excluding carboxylic acids is 1. The third-order valence-electron chi connectivity index (χ3n) is 4.44. The number of sulfone groups is 1. The Hall–Kier alpha value is -2.86. The van der Waals surface area contributed by atoms with Gasteiger partial charge < -0.3 is 4.84 Å². The topological polar surface area (TPSA) is 149 Å². The number of rotatable bonds is 6. The molecule has 1 aliphatic rings. The largest absolute Gasteiger partial charge is 0.392 e. The second-order valence-electron chi connectivity index (χ2n) is 6.34. The lowest BCUT2D eigenvalue weighted by molar-refractivity contribution is -0.132. The van der Waals surface area contributed by atoms with Gasteiger partial charge in [-0.25, -0.2) is 13.9 Å². The van der Waals surface area contributed by atoms with Crippen LogP contribution >= 0.6 is 0 Å². The second-order valence-corrected chi connectivity index (χ2v) is 8.78. The molecule has 2 aromatic rings. The lowest BCUT2D eigenvalue weighted by Gasteiger charge is -2.26. The fourth-order valence-corrected chi connectivity index (χ4v) is 3.55. The summed E-state index contributed by atoms with van der Waals surface area (Å²) in [5.41, 5.74) is 3.17. The predicted octanol–water partition coefficient (Wildman–Crippen LogP) is -0.146. The lowest BCUT2D eigenvalue weighted by Crippen LogP contribution is -2.51. The fourth-order valence-electron chi connectivity index (χ4n) is 2.68. The maximum Gasteiger partial charge on any atom is 0.264 e. The minimum atomic E-state index is -3.81. The van der Waals surface area contributed by atoms with Gasteiger partial charge in [-0.05, 0) is 19.1 Å². The Kier molecular flexibility index (Phi) is 4.93. The zero-order chi connectivity index (χ0) is 19.7. The second kappa shape index (κ2) is 7.04. The molecule has 1 aliphatic heterocycles. The highest BCUT2D eigenvalue weighted by atomic mass is 32.2. The highest BCUT2D eigenvalue weighted by Crippen LogP contribution is 2.29. The maximum atomic E-state index is 12.1. The van der Waals surface area contributed by atoms with E-state index in [-0.39, 0.29) is 12.8 Å². The van der Waals surface area contributed by atoms with Crippen LogP contribution in [0.3, 0.4) is 0 Å². The van der Waals surface area contributed by atoms with Crippen LogP contribution in [-0.4, -0.2) is 62.3 Å². The van der Waals surface area contributed by atoms with Gasteiger partial charge in [-0.15, -0.1) is 0 Å². The molecule has 2 aromatic heterocycles. The monoisotopic (exact) mass is 394 g/mol. The number of hydrogen-bond acceptors (Lipinski definition) is 9. The molecule has 27 heavy (non-hydrogen) atoms. The summed E-state index contributed by atoms with van der Waals surface area (Å²) in [7, 11) is -3.81. The van der Waals surface area contributed by atoms with Crippen LogP contribution < -0.4 is 5.48 Å². The molecule has 0 spiro atoms. The van der Waals surface area contributed by atoms with Crippen molar-refractivity contribution in [1.29, 1.82) is 0 Å². The fraction of sp³-hybridized carbons (Fsp3) is 0.400. The van der Waals surface area contributed by atoms with Crippen molar-refractivity contribution in [2.45, 2.75) is 30.6 Å². The molecule has 3 heterocycles. The summed E-state index contributed by atoms with van der Waals surface area (Å²) >= 11 is 0. The number of nitrogens with zero attached hydrogens (tertiary/aromatic N) is 5. The SMILES string of the molecule is C[C@@](C[C@H]1CC(c2ccc(-n3nccn3)cn2)=NO1)(C(=O)NO)S(C)(=O)=O. The number of amides is 1. The Morgan fingerprint density at radius 1 is 1.41 bits per heavy atom. The standard InChI is InChI=1S/C15H18N6O5S/c1-15(14(22)19-23,27(2,24)25)8-11-7-13(20-26-11)12-4-3-10(9-16-12)21-17-5-6-18-21/h3-6,9,11,23H,7-8H2,1-2H3,(H,19,22)/t11-,15-/m1/s1. The first kappa shape index (κ1) is 18.9. The molecule has 11 nitrogen and oxygen atoms in total. The van der Waals surface area contributed by atoms with Gasteiger partial charge in [-0.1, -0.05) is 5.16 Å². The van der Waals surface area contributed by atoms with E-state index in [0.29, 0.717) is 17.1 Å². The molecule has 0 fully saturated rings. The zero-order valence-electron chi connectivity index (χ0n) is 14.6. The van der Waals surface area contributed by atoms with Crippen LogP contribution in [0.4, 0.5) is 0 Å². The first-order valence-corrected chi connectivity index (χ1v) is 9.83. The van der Waals surface area contributed by atoms with E-state index >= 15 is 0 Å². The van der Waals surface area contributed by atoms with Gasteiger partial charge in [0, 0.05) is 19.1 Å². The van der Waals surface area contributed by atoms with E-state index in [4.69, 9.17) is 10.0 Å². The van der Waals surface area contributed by atoms with Crippen LogP contribution in [0, 0.1) is 0 Å². The summed E-state index contributed by atoms with van der Waals surface area (Å²) in [5.74, 6) is -1.02. The van der Waals surface area contributed by atoms with Crippen LogP contribution in [-0.2, 0) is 19.5 Å². The average Bonchev–Trinajstić information content (AvgIpc) is 3.32. The van der Waals surface area contributed by atoms with Crippen LogP contribution in [0.15, 0.2) is 35.9 Å². The van der Waals surface area contributed by atoms with Crippen molar-refractivity contribution in [2.75, 3.05) is 6.26 Å². The van der Waals surface area contributed by atoms with E-state index in [1.54, 1.807) is 30.7 Å². The zero-order valence-corrected chi connectivity index (χ0v) is 15.4. The molecule has 0 aromatic carbocycles. The van der Waals surface area contributed by atoms with Gasteiger partial charge in [0.2, 0.25) is 0 Å². The van der Waals surface area contributed by atoms with Crippen molar-refractivity contribution in [2.24, 2.45) is 5.16 Å². The summed E-state index contributed by atoms with van der Waals surface area (Å²) in [5, 5.41) is 20.9. The highest BCUT2D eigenvalue weighted by Gasteiger charge is 2.47. The summed E-state index contributed by atoms with van der Waals surface area (Å²) < 4.78 is 22.3. The Labute approximate surface area is 154 Å². The van der Waals surface area contributed by atoms with Crippen molar-refractivity contribution in [1.82, 2.24) is 25.5 Å². The normalized spacial score (nSPS) is 19.1. The number of oxime groups is 1. The quantitative estimate of drug-likeness (QED) is 0.508. The van der Waals surface area contributed by atoms with Crippen molar-refractivity contribution in [3.63, 3.8) is 0 Å². The van der Waals surface area contributed by atoms with Crippen molar-refractivity contribution >= 4 is 21.5 Å². The summed E-state index contributed by atoms with van der Waals surface area (Å²) in [6, 6.07) is 3.48.